The highest BCUT2D eigenvalue weighted by Crippen LogP contribution is 2.22. The molecule has 1 N–H and O–H groups in total. The highest BCUT2D eigenvalue weighted by Gasteiger charge is 2.23. The molecule has 0 amide bonds. The lowest BCUT2D eigenvalue weighted by atomic mass is 10.1. The minimum atomic E-state index is -3.78. The molecular formula is C21H27NO5S2. The van der Waals surface area contributed by atoms with E-state index in [-0.39, 0.29) is 11.5 Å². The summed E-state index contributed by atoms with van der Waals surface area (Å²) in [6, 6.07) is 12.6. The predicted octanol–water partition coefficient (Wildman–Crippen LogP) is 3.03. The van der Waals surface area contributed by atoms with Gasteiger partial charge in [-0.1, -0.05) is 60.2 Å². The molecule has 2 aromatic rings. The third kappa shape index (κ3) is 7.40. The number of hydrogen-bond donors (Lipinski definition) is 1. The Labute approximate surface area is 173 Å². The van der Waals surface area contributed by atoms with Gasteiger partial charge in [-0.15, -0.1) is 0 Å². The number of rotatable bonds is 9. The van der Waals surface area contributed by atoms with Crippen LogP contribution >= 0.6 is 0 Å². The Morgan fingerprint density at radius 2 is 1.59 bits per heavy atom. The van der Waals surface area contributed by atoms with Crippen molar-refractivity contribution >= 4 is 20.1 Å². The van der Waals surface area contributed by atoms with E-state index in [0.29, 0.717) is 17.5 Å². The molecule has 6 nitrogen and oxygen atoms in total. The van der Waals surface area contributed by atoms with Crippen LogP contribution in [0.3, 0.4) is 0 Å². The molecule has 0 saturated carbocycles. The third-order valence-corrected chi connectivity index (χ3v) is 6.58. The smallest absolute Gasteiger partial charge is 0.264 e. The largest absolute Gasteiger partial charge is 0.266 e. The van der Waals surface area contributed by atoms with Crippen molar-refractivity contribution in [3.8, 4) is 0 Å². The molecule has 0 unspecified atom stereocenters. The molecular weight excluding hydrogens is 410 g/mol. The van der Waals surface area contributed by atoms with Gasteiger partial charge < -0.3 is 0 Å². The van der Waals surface area contributed by atoms with Gasteiger partial charge in [0, 0.05) is 6.04 Å². The Bertz CT molecular complexity index is 1050. The fourth-order valence-corrected chi connectivity index (χ4v) is 5.22. The Morgan fingerprint density at radius 1 is 1.00 bits per heavy atom. The Balaban J connectivity index is 2.29. The quantitative estimate of drug-likeness (QED) is 0.481. The van der Waals surface area contributed by atoms with Gasteiger partial charge in [-0.05, 0) is 43.9 Å². The molecule has 1 atom stereocenters. The maximum Gasteiger partial charge on any atom is 0.264 e. The first kappa shape index (κ1) is 23.3. The summed E-state index contributed by atoms with van der Waals surface area (Å²) in [5.74, 6) is 0. The van der Waals surface area contributed by atoms with Crippen molar-refractivity contribution in [2.75, 3.05) is 12.9 Å². The van der Waals surface area contributed by atoms with Gasteiger partial charge in [0.25, 0.3) is 10.1 Å². The van der Waals surface area contributed by atoms with Crippen LogP contribution in [0.1, 0.15) is 22.3 Å². The van der Waals surface area contributed by atoms with Crippen LogP contribution in [-0.4, -0.2) is 35.7 Å². The second-order valence-corrected chi connectivity index (χ2v) is 10.4. The second kappa shape index (κ2) is 9.67. The Morgan fingerprint density at radius 3 is 2.14 bits per heavy atom. The normalized spacial score (nSPS) is 13.7. The van der Waals surface area contributed by atoms with Crippen LogP contribution in [0.15, 0.2) is 59.5 Å². The lowest BCUT2D eigenvalue weighted by Crippen LogP contribution is -2.36. The van der Waals surface area contributed by atoms with Gasteiger partial charge in [0.1, 0.15) is 0 Å². The Hall–Kier alpha value is -2.00. The van der Waals surface area contributed by atoms with E-state index in [4.69, 9.17) is 4.18 Å². The molecule has 0 aromatic heterocycles. The first-order valence-electron chi connectivity index (χ1n) is 9.13. The van der Waals surface area contributed by atoms with E-state index in [2.05, 4.69) is 4.72 Å². The number of benzene rings is 2. The first-order chi connectivity index (χ1) is 13.5. The molecule has 0 heterocycles. The fraction of sp³-hybridized carbons (Fsp3) is 0.333. The minimum absolute atomic E-state index is 0.158. The molecule has 0 fully saturated rings. The summed E-state index contributed by atoms with van der Waals surface area (Å²) in [5, 5.41) is 0. The van der Waals surface area contributed by atoms with Crippen molar-refractivity contribution in [2.45, 2.75) is 38.1 Å². The SMILES string of the molecule is Cc1cc(C)c(S(=O)(=O)N[C@H](/C=C\COS(C)(=O)=O)Cc2ccccc2)c(C)c1. The number of aryl methyl sites for hydroxylation is 3. The van der Waals surface area contributed by atoms with Crippen LogP contribution in [0.4, 0.5) is 0 Å². The second-order valence-electron chi connectivity index (χ2n) is 7.06. The number of hydrogen-bond acceptors (Lipinski definition) is 5. The van der Waals surface area contributed by atoms with E-state index >= 15 is 0 Å². The fourth-order valence-electron chi connectivity index (χ4n) is 3.25. The number of nitrogens with one attached hydrogen (secondary N) is 1. The molecule has 158 valence electrons. The zero-order chi connectivity index (χ0) is 21.7. The van der Waals surface area contributed by atoms with E-state index in [1.54, 1.807) is 19.9 Å². The van der Waals surface area contributed by atoms with Gasteiger partial charge in [-0.2, -0.15) is 8.42 Å². The molecule has 0 aliphatic rings. The van der Waals surface area contributed by atoms with Gasteiger partial charge in [0.2, 0.25) is 10.0 Å². The van der Waals surface area contributed by atoms with Crippen LogP contribution in [-0.2, 0) is 30.7 Å². The first-order valence-corrected chi connectivity index (χ1v) is 12.4. The third-order valence-electron chi connectivity index (χ3n) is 4.23. The lowest BCUT2D eigenvalue weighted by molar-refractivity contribution is 0.361. The van der Waals surface area contributed by atoms with Crippen LogP contribution in [0.5, 0.6) is 0 Å². The molecule has 0 aliphatic carbocycles. The maximum absolute atomic E-state index is 13.1. The summed E-state index contributed by atoms with van der Waals surface area (Å²) >= 11 is 0. The monoisotopic (exact) mass is 437 g/mol. The maximum atomic E-state index is 13.1. The highest BCUT2D eigenvalue weighted by molar-refractivity contribution is 7.89. The van der Waals surface area contributed by atoms with Crippen LogP contribution in [0, 0.1) is 20.8 Å². The van der Waals surface area contributed by atoms with E-state index in [1.807, 2.05) is 49.4 Å². The van der Waals surface area contributed by atoms with E-state index < -0.39 is 26.2 Å². The summed E-state index contributed by atoms with van der Waals surface area (Å²) in [4.78, 5) is 0.266. The molecule has 0 aliphatic heterocycles. The zero-order valence-electron chi connectivity index (χ0n) is 17.0. The molecule has 2 rings (SSSR count). The summed E-state index contributed by atoms with van der Waals surface area (Å²) in [7, 11) is -7.35. The predicted molar refractivity (Wildman–Crippen MR) is 115 cm³/mol. The molecule has 0 radical (unpaired) electrons. The lowest BCUT2D eigenvalue weighted by Gasteiger charge is -2.18. The standard InChI is InChI=1S/C21H27NO5S2/c1-16-13-17(2)21(18(3)14-16)29(25,26)22-20(11-8-12-27-28(4,23)24)15-19-9-6-5-7-10-19/h5-11,13-14,20,22H,12,15H2,1-4H3/b11-8-/t20-/m1/s1. The van der Waals surface area contributed by atoms with Crippen molar-refractivity contribution < 1.29 is 21.0 Å². The van der Waals surface area contributed by atoms with Crippen molar-refractivity contribution in [1.29, 1.82) is 0 Å². The molecule has 8 heteroatoms. The van der Waals surface area contributed by atoms with E-state index in [9.17, 15) is 16.8 Å². The minimum Gasteiger partial charge on any atom is -0.266 e. The number of sulfonamides is 1. The van der Waals surface area contributed by atoms with Gasteiger partial charge >= 0.3 is 0 Å². The molecule has 0 spiro atoms. The van der Waals surface area contributed by atoms with Gasteiger partial charge in [-0.25, -0.2) is 13.1 Å². The van der Waals surface area contributed by atoms with Crippen molar-refractivity contribution in [2.24, 2.45) is 0 Å². The van der Waals surface area contributed by atoms with Crippen molar-refractivity contribution in [1.82, 2.24) is 4.72 Å². The Kier molecular flexibility index (Phi) is 7.76. The van der Waals surface area contributed by atoms with E-state index in [0.717, 1.165) is 17.4 Å². The highest BCUT2D eigenvalue weighted by atomic mass is 32.2. The van der Waals surface area contributed by atoms with E-state index in [1.165, 1.54) is 6.08 Å². The van der Waals surface area contributed by atoms with Gasteiger partial charge in [-0.3, -0.25) is 4.18 Å². The van der Waals surface area contributed by atoms with Crippen LogP contribution < -0.4 is 4.72 Å². The van der Waals surface area contributed by atoms with Gasteiger partial charge in [0.05, 0.1) is 17.8 Å². The molecule has 0 bridgehead atoms. The average Bonchev–Trinajstić information content (AvgIpc) is 2.57. The summed E-state index contributed by atoms with van der Waals surface area (Å²) in [6.45, 7) is 5.31. The summed E-state index contributed by atoms with van der Waals surface area (Å²) in [5.41, 5.74) is 3.31. The van der Waals surface area contributed by atoms with Gasteiger partial charge in [0.15, 0.2) is 0 Å². The molecule has 2 aromatic carbocycles. The summed E-state index contributed by atoms with van der Waals surface area (Å²) < 4.78 is 55.9. The molecule has 0 saturated heterocycles. The van der Waals surface area contributed by atoms with Crippen LogP contribution in [0.25, 0.3) is 0 Å². The topological polar surface area (TPSA) is 89.5 Å². The average molecular weight is 438 g/mol. The molecule has 29 heavy (non-hydrogen) atoms. The van der Waals surface area contributed by atoms with Crippen LogP contribution in [0.2, 0.25) is 0 Å². The summed E-state index contributed by atoms with van der Waals surface area (Å²) in [6.07, 6.45) is 4.51. The van der Waals surface area contributed by atoms with Crippen molar-refractivity contribution in [3.05, 3.63) is 76.9 Å². The van der Waals surface area contributed by atoms with Crippen molar-refractivity contribution in [3.63, 3.8) is 0 Å². The zero-order valence-corrected chi connectivity index (χ0v) is 18.7.